The molecule has 1 aromatic carbocycles. The van der Waals surface area contributed by atoms with Crippen LogP contribution in [0.15, 0.2) is 42.5 Å². The van der Waals surface area contributed by atoms with E-state index in [0.29, 0.717) is 12.0 Å². The van der Waals surface area contributed by atoms with Gasteiger partial charge in [0.15, 0.2) is 0 Å². The molecular formula is C14H12O4. The van der Waals surface area contributed by atoms with E-state index < -0.39 is 18.0 Å². The zero-order valence-corrected chi connectivity index (χ0v) is 9.61. The summed E-state index contributed by atoms with van der Waals surface area (Å²) in [6, 6.07) is 8.77. The van der Waals surface area contributed by atoms with Gasteiger partial charge in [0.05, 0.1) is 5.56 Å². The van der Waals surface area contributed by atoms with E-state index in [1.807, 2.05) is 12.1 Å². The third-order valence-corrected chi connectivity index (χ3v) is 3.21. The van der Waals surface area contributed by atoms with Gasteiger partial charge in [-0.3, -0.25) is 4.79 Å². The lowest BCUT2D eigenvalue weighted by molar-refractivity contribution is -0.165. The maximum Gasteiger partial charge on any atom is 0.338 e. The molecule has 0 saturated carbocycles. The number of carbonyl (C=O) groups is 2. The number of fused-ring (bicyclic) bond motifs is 2. The van der Waals surface area contributed by atoms with Gasteiger partial charge in [0.2, 0.25) is 0 Å². The lowest BCUT2D eigenvalue weighted by Crippen LogP contribution is -2.45. The number of hydrogen-bond acceptors (Lipinski definition) is 4. The summed E-state index contributed by atoms with van der Waals surface area (Å²) in [4.78, 5) is 23.4. The smallest absolute Gasteiger partial charge is 0.338 e. The van der Waals surface area contributed by atoms with Gasteiger partial charge < -0.3 is 9.47 Å². The van der Waals surface area contributed by atoms with Crippen LogP contribution in [0.5, 0.6) is 0 Å². The normalized spacial score (nSPS) is 28.9. The summed E-state index contributed by atoms with van der Waals surface area (Å²) in [7, 11) is 0. The highest BCUT2D eigenvalue weighted by atomic mass is 16.6. The third-order valence-electron chi connectivity index (χ3n) is 3.21. The lowest BCUT2D eigenvalue weighted by Gasteiger charge is -2.35. The van der Waals surface area contributed by atoms with E-state index in [-0.39, 0.29) is 12.1 Å². The Balaban J connectivity index is 1.73. The van der Waals surface area contributed by atoms with E-state index in [1.54, 1.807) is 30.3 Å². The van der Waals surface area contributed by atoms with E-state index in [0.717, 1.165) is 0 Å². The number of esters is 2. The van der Waals surface area contributed by atoms with Gasteiger partial charge in [0.25, 0.3) is 0 Å². The van der Waals surface area contributed by atoms with Gasteiger partial charge in [0, 0.05) is 6.42 Å². The minimum atomic E-state index is -0.456. The molecule has 2 bridgehead atoms. The van der Waals surface area contributed by atoms with Crippen LogP contribution in [-0.2, 0) is 14.3 Å². The molecular weight excluding hydrogens is 232 g/mol. The van der Waals surface area contributed by atoms with Crippen molar-refractivity contribution < 1.29 is 19.1 Å². The minimum Gasteiger partial charge on any atom is -0.457 e. The Bertz CT molecular complexity index is 506. The number of rotatable bonds is 2. The lowest BCUT2D eigenvalue weighted by atomic mass is 9.88. The first-order chi connectivity index (χ1) is 8.74. The Morgan fingerprint density at radius 3 is 2.67 bits per heavy atom. The fourth-order valence-corrected chi connectivity index (χ4v) is 2.27. The largest absolute Gasteiger partial charge is 0.457 e. The number of ether oxygens (including phenoxy) is 2. The first-order valence-electron chi connectivity index (χ1n) is 5.89. The van der Waals surface area contributed by atoms with Crippen LogP contribution in [0, 0.1) is 5.92 Å². The molecule has 1 saturated heterocycles. The summed E-state index contributed by atoms with van der Waals surface area (Å²) in [5.74, 6) is -1.16. The predicted molar refractivity (Wildman–Crippen MR) is 62.8 cm³/mol. The molecule has 3 aliphatic rings. The molecule has 0 aromatic heterocycles. The Morgan fingerprint density at radius 1 is 1.22 bits per heavy atom. The van der Waals surface area contributed by atoms with E-state index in [2.05, 4.69) is 0 Å². The van der Waals surface area contributed by atoms with Gasteiger partial charge >= 0.3 is 11.9 Å². The molecule has 2 aliphatic heterocycles. The highest BCUT2D eigenvalue weighted by molar-refractivity contribution is 5.90. The van der Waals surface area contributed by atoms with Gasteiger partial charge in [-0.15, -0.1) is 0 Å². The van der Waals surface area contributed by atoms with Crippen LogP contribution in [0.3, 0.4) is 0 Å². The molecule has 92 valence electrons. The first kappa shape index (κ1) is 11.0. The monoisotopic (exact) mass is 244 g/mol. The van der Waals surface area contributed by atoms with Gasteiger partial charge in [-0.25, -0.2) is 4.79 Å². The highest BCUT2D eigenvalue weighted by Gasteiger charge is 2.42. The van der Waals surface area contributed by atoms with Gasteiger partial charge in [-0.2, -0.15) is 0 Å². The summed E-state index contributed by atoms with van der Waals surface area (Å²) in [6.07, 6.45) is 3.50. The summed E-state index contributed by atoms with van der Waals surface area (Å²) < 4.78 is 10.5. The molecule has 0 N–H and O–H groups in total. The molecule has 4 heteroatoms. The van der Waals surface area contributed by atoms with Crippen LogP contribution in [0.2, 0.25) is 0 Å². The maximum absolute atomic E-state index is 11.9. The van der Waals surface area contributed by atoms with Gasteiger partial charge in [-0.05, 0) is 18.2 Å². The molecule has 0 spiro atoms. The molecule has 0 amide bonds. The van der Waals surface area contributed by atoms with Crippen LogP contribution in [-0.4, -0.2) is 24.1 Å². The Labute approximate surface area is 104 Å². The molecule has 2 heterocycles. The summed E-state index contributed by atoms with van der Waals surface area (Å²) in [5.41, 5.74) is 0.497. The quantitative estimate of drug-likeness (QED) is 0.587. The molecule has 1 fully saturated rings. The number of carbonyl (C=O) groups excluding carboxylic acids is 2. The first-order valence-corrected chi connectivity index (χ1v) is 5.89. The van der Waals surface area contributed by atoms with E-state index in [1.165, 1.54) is 0 Å². The van der Waals surface area contributed by atoms with Crippen molar-refractivity contribution in [1.82, 2.24) is 0 Å². The van der Waals surface area contributed by atoms with Crippen molar-refractivity contribution in [3.63, 3.8) is 0 Å². The molecule has 0 radical (unpaired) electrons. The number of hydrogen-bond donors (Lipinski definition) is 0. The van der Waals surface area contributed by atoms with Gasteiger partial charge in [0.1, 0.15) is 18.1 Å². The van der Waals surface area contributed by atoms with Crippen molar-refractivity contribution in [3.8, 4) is 0 Å². The second kappa shape index (κ2) is 4.29. The van der Waals surface area contributed by atoms with Crippen molar-refractivity contribution in [2.24, 2.45) is 5.92 Å². The zero-order valence-electron chi connectivity index (χ0n) is 9.61. The molecule has 4 nitrogen and oxygen atoms in total. The minimum absolute atomic E-state index is 0.254. The van der Waals surface area contributed by atoms with Crippen molar-refractivity contribution in [3.05, 3.63) is 48.0 Å². The van der Waals surface area contributed by atoms with Crippen molar-refractivity contribution in [1.29, 1.82) is 0 Å². The predicted octanol–water partition coefficient (Wildman–Crippen LogP) is 1.71. The summed E-state index contributed by atoms with van der Waals surface area (Å²) in [6.45, 7) is 0. The molecule has 1 aromatic rings. The second-order valence-electron chi connectivity index (χ2n) is 4.43. The average Bonchev–Trinajstić information content (AvgIpc) is 2.40. The zero-order chi connectivity index (χ0) is 12.5. The van der Waals surface area contributed by atoms with Crippen LogP contribution < -0.4 is 0 Å². The maximum atomic E-state index is 11.9. The van der Waals surface area contributed by atoms with E-state index in [9.17, 15) is 9.59 Å². The van der Waals surface area contributed by atoms with E-state index in [4.69, 9.17) is 9.47 Å². The Morgan fingerprint density at radius 2 is 2.00 bits per heavy atom. The van der Waals surface area contributed by atoms with Crippen LogP contribution in [0.1, 0.15) is 16.8 Å². The van der Waals surface area contributed by atoms with Crippen molar-refractivity contribution >= 4 is 11.9 Å². The number of benzene rings is 1. The van der Waals surface area contributed by atoms with Gasteiger partial charge in [-0.1, -0.05) is 24.3 Å². The highest BCUT2D eigenvalue weighted by Crippen LogP contribution is 2.31. The van der Waals surface area contributed by atoms with Crippen molar-refractivity contribution in [2.45, 2.75) is 18.6 Å². The Hall–Kier alpha value is -2.10. The van der Waals surface area contributed by atoms with Crippen LogP contribution in [0.25, 0.3) is 0 Å². The SMILES string of the molecule is O=C(O[C@H]1C[C@H]2C=C[C@@H]1C(=O)O2)c1ccccc1. The van der Waals surface area contributed by atoms with E-state index >= 15 is 0 Å². The second-order valence-corrected chi connectivity index (χ2v) is 4.43. The molecule has 0 unspecified atom stereocenters. The molecule has 1 aliphatic carbocycles. The third kappa shape index (κ3) is 1.90. The molecule has 18 heavy (non-hydrogen) atoms. The van der Waals surface area contributed by atoms with Crippen molar-refractivity contribution in [2.75, 3.05) is 0 Å². The summed E-state index contributed by atoms with van der Waals surface area (Å²) in [5, 5.41) is 0. The van der Waals surface area contributed by atoms with Crippen LogP contribution >= 0.6 is 0 Å². The molecule has 3 atom stereocenters. The Kier molecular flexibility index (Phi) is 2.63. The average molecular weight is 244 g/mol. The topological polar surface area (TPSA) is 52.6 Å². The fraction of sp³-hybridized carbons (Fsp3) is 0.286. The standard InChI is InChI=1S/C14H12O4/c15-13(9-4-2-1-3-5-9)18-12-8-10-6-7-11(12)14(16)17-10/h1-7,10-12H,8H2/t10-,11+,12+/m1/s1. The van der Waals surface area contributed by atoms with Crippen LogP contribution in [0.4, 0.5) is 0 Å². The summed E-state index contributed by atoms with van der Waals surface area (Å²) >= 11 is 0. The molecule has 4 rings (SSSR count). The fourth-order valence-electron chi connectivity index (χ4n) is 2.27.